The van der Waals surface area contributed by atoms with Crippen molar-refractivity contribution in [2.45, 2.75) is 19.1 Å². The Kier molecular flexibility index (Phi) is 9.08. The minimum absolute atomic E-state index is 0.108. The number of benzene rings is 2. The number of rotatable bonds is 6. The first-order chi connectivity index (χ1) is 18.5. The molecule has 1 aliphatic rings. The summed E-state index contributed by atoms with van der Waals surface area (Å²) in [5.74, 6) is -0.715. The third kappa shape index (κ3) is 6.18. The topological polar surface area (TPSA) is 93.7 Å². The summed E-state index contributed by atoms with van der Waals surface area (Å²) in [5.41, 5.74) is -2.01. The number of ether oxygens (including phenoxy) is 2. The summed E-state index contributed by atoms with van der Waals surface area (Å²) in [7, 11) is 0. The van der Waals surface area contributed by atoms with Crippen molar-refractivity contribution in [2.75, 3.05) is 13.2 Å². The molecule has 4 rings (SSSR count). The van der Waals surface area contributed by atoms with E-state index in [9.17, 15) is 22.8 Å². The number of allylic oxidation sites excluding steroid dienone is 1. The Hall–Kier alpha value is -2.42. The van der Waals surface area contributed by atoms with Crippen LogP contribution in [0.25, 0.3) is 6.08 Å². The van der Waals surface area contributed by atoms with Crippen molar-refractivity contribution in [1.29, 1.82) is 5.26 Å². The van der Waals surface area contributed by atoms with Crippen LogP contribution in [0.4, 0.5) is 13.2 Å². The number of alkyl halides is 3. The van der Waals surface area contributed by atoms with Crippen molar-refractivity contribution in [3.8, 4) is 11.8 Å². The standard InChI is InChI=1S/C25H15ClF3I2N3O4S/c1-2-37-23(36)18-19(13-3-5-14(26)6-4-13)34-22(35)17(39-24(34)33-21(18)25(27,28)29)11-12-9-15(30)20(16(31)10-12)38-8-7-32/h3-6,9-11,19H,2,8H2,1H3/b17-11-/t19-/m1/s1. The normalized spacial score (nSPS) is 15.4. The van der Waals surface area contributed by atoms with E-state index in [0.717, 1.165) is 15.9 Å². The predicted octanol–water partition coefficient (Wildman–Crippen LogP) is 5.11. The number of nitriles is 1. The Morgan fingerprint density at radius 2 is 1.90 bits per heavy atom. The molecular formula is C25H15ClF3I2N3O4S. The van der Waals surface area contributed by atoms with Crippen molar-refractivity contribution in [3.63, 3.8) is 0 Å². The highest BCUT2D eigenvalue weighted by molar-refractivity contribution is 14.1. The lowest BCUT2D eigenvalue weighted by atomic mass is 9.95. The van der Waals surface area contributed by atoms with Gasteiger partial charge in [-0.3, -0.25) is 9.36 Å². The van der Waals surface area contributed by atoms with Crippen molar-refractivity contribution in [2.24, 2.45) is 4.99 Å². The zero-order chi connectivity index (χ0) is 28.5. The van der Waals surface area contributed by atoms with Crippen LogP contribution in [-0.4, -0.2) is 29.9 Å². The third-order valence-electron chi connectivity index (χ3n) is 5.38. The van der Waals surface area contributed by atoms with Gasteiger partial charge in [-0.15, -0.1) is 0 Å². The number of nitrogens with zero attached hydrogens (tertiary/aromatic N) is 3. The number of hydrogen-bond acceptors (Lipinski definition) is 7. The predicted molar refractivity (Wildman–Crippen MR) is 155 cm³/mol. The smallest absolute Gasteiger partial charge is 0.434 e. The second-order valence-corrected chi connectivity index (χ2v) is 11.6. The Balaban J connectivity index is 1.98. The lowest BCUT2D eigenvalue weighted by Crippen LogP contribution is -2.41. The van der Waals surface area contributed by atoms with Gasteiger partial charge < -0.3 is 9.47 Å². The lowest BCUT2D eigenvalue weighted by Gasteiger charge is -2.26. The third-order valence-corrected chi connectivity index (χ3v) is 8.22. The van der Waals surface area contributed by atoms with Crippen molar-refractivity contribution >= 4 is 80.2 Å². The van der Waals surface area contributed by atoms with Gasteiger partial charge in [0.25, 0.3) is 5.56 Å². The van der Waals surface area contributed by atoms with Crippen molar-refractivity contribution in [3.05, 3.63) is 90.6 Å². The molecule has 0 saturated heterocycles. The first-order valence-corrected chi connectivity index (χ1v) is 14.4. The molecule has 1 aromatic heterocycles. The van der Waals surface area contributed by atoms with Crippen LogP contribution in [0, 0.1) is 18.5 Å². The van der Waals surface area contributed by atoms with Gasteiger partial charge in [0.15, 0.2) is 17.1 Å². The van der Waals surface area contributed by atoms with Gasteiger partial charge in [-0.1, -0.05) is 35.1 Å². The number of carbonyl (C=O) groups excluding carboxylic acids is 1. The lowest BCUT2D eigenvalue weighted by molar-refractivity contribution is -0.140. The molecule has 3 aromatic rings. The highest BCUT2D eigenvalue weighted by atomic mass is 127. The molecule has 0 unspecified atom stereocenters. The average Bonchev–Trinajstić information content (AvgIpc) is 3.17. The van der Waals surface area contributed by atoms with Gasteiger partial charge >= 0.3 is 12.1 Å². The van der Waals surface area contributed by atoms with Crippen LogP contribution in [0.15, 0.2) is 57.5 Å². The number of carbonyl (C=O) groups is 1. The van der Waals surface area contributed by atoms with Crippen LogP contribution in [0.1, 0.15) is 24.1 Å². The van der Waals surface area contributed by atoms with E-state index in [1.807, 2.05) is 51.3 Å². The number of esters is 1. The Bertz CT molecular complexity index is 1690. The molecule has 39 heavy (non-hydrogen) atoms. The SMILES string of the molecule is CCOC(=O)C1=C(C(F)(F)F)N=c2s/c(=C\c3cc(I)c(OCC#N)c(I)c3)c(=O)n2[C@@H]1c1ccc(Cl)cc1. The quantitative estimate of drug-likeness (QED) is 0.256. The van der Waals surface area contributed by atoms with Crippen molar-refractivity contribution in [1.82, 2.24) is 4.57 Å². The van der Waals surface area contributed by atoms with Gasteiger partial charge in [0.2, 0.25) is 0 Å². The molecule has 202 valence electrons. The summed E-state index contributed by atoms with van der Waals surface area (Å²) >= 11 is 10.8. The first-order valence-electron chi connectivity index (χ1n) is 11.0. The van der Waals surface area contributed by atoms with Gasteiger partial charge in [0.1, 0.15) is 11.8 Å². The zero-order valence-corrected chi connectivity index (χ0v) is 25.6. The maximum Gasteiger partial charge on any atom is 0.434 e. The van der Waals surface area contributed by atoms with Crippen LogP contribution >= 0.6 is 68.1 Å². The van der Waals surface area contributed by atoms with Gasteiger partial charge in [-0.05, 0) is 93.6 Å². The fraction of sp³-hybridized carbons (Fsp3) is 0.200. The average molecular weight is 800 g/mol. The molecule has 2 aromatic carbocycles. The molecule has 0 amide bonds. The largest absolute Gasteiger partial charge is 0.477 e. The molecule has 1 atom stereocenters. The highest BCUT2D eigenvalue weighted by Gasteiger charge is 2.45. The number of hydrogen-bond donors (Lipinski definition) is 0. The summed E-state index contributed by atoms with van der Waals surface area (Å²) in [6, 6.07) is 9.72. The maximum absolute atomic E-state index is 14.2. The summed E-state index contributed by atoms with van der Waals surface area (Å²) in [6.45, 7) is 1.16. The molecule has 0 radical (unpaired) electrons. The van der Waals surface area contributed by atoms with E-state index in [-0.39, 0.29) is 28.1 Å². The van der Waals surface area contributed by atoms with Crippen LogP contribution < -0.4 is 19.6 Å². The number of fused-ring (bicyclic) bond motifs is 1. The minimum atomic E-state index is -4.99. The Morgan fingerprint density at radius 1 is 1.26 bits per heavy atom. The van der Waals surface area contributed by atoms with E-state index in [1.165, 1.54) is 37.3 Å². The van der Waals surface area contributed by atoms with E-state index in [4.69, 9.17) is 26.3 Å². The van der Waals surface area contributed by atoms with Gasteiger partial charge in [-0.2, -0.15) is 18.4 Å². The van der Waals surface area contributed by atoms with Crippen LogP contribution in [0.3, 0.4) is 0 Å². The maximum atomic E-state index is 14.2. The zero-order valence-electron chi connectivity index (χ0n) is 19.7. The van der Waals surface area contributed by atoms with E-state index in [0.29, 0.717) is 23.5 Å². The minimum Gasteiger partial charge on any atom is -0.477 e. The first kappa shape index (κ1) is 29.6. The molecule has 7 nitrogen and oxygen atoms in total. The fourth-order valence-corrected chi connectivity index (χ4v) is 7.11. The van der Waals surface area contributed by atoms with Gasteiger partial charge in [0, 0.05) is 5.02 Å². The second-order valence-electron chi connectivity index (χ2n) is 7.88. The Labute approximate surface area is 255 Å². The van der Waals surface area contributed by atoms with Gasteiger partial charge in [-0.25, -0.2) is 9.79 Å². The number of halogens is 6. The molecule has 0 aliphatic carbocycles. The summed E-state index contributed by atoms with van der Waals surface area (Å²) < 4.78 is 55.6. The number of aromatic nitrogens is 1. The van der Waals surface area contributed by atoms with Crippen LogP contribution in [-0.2, 0) is 9.53 Å². The fourth-order valence-electron chi connectivity index (χ4n) is 3.86. The molecule has 0 fully saturated rings. The molecule has 14 heteroatoms. The molecule has 0 N–H and O–H groups in total. The molecule has 0 saturated carbocycles. The molecule has 1 aliphatic heterocycles. The molecular weight excluding hydrogens is 785 g/mol. The second kappa shape index (κ2) is 12.0. The summed E-state index contributed by atoms with van der Waals surface area (Å²) in [6.07, 6.45) is -3.46. The van der Waals surface area contributed by atoms with E-state index < -0.39 is 35.0 Å². The van der Waals surface area contributed by atoms with Crippen LogP contribution in [0.2, 0.25) is 5.02 Å². The van der Waals surface area contributed by atoms with Gasteiger partial charge in [0.05, 0.1) is 29.9 Å². The van der Waals surface area contributed by atoms with E-state index in [1.54, 1.807) is 12.1 Å². The summed E-state index contributed by atoms with van der Waals surface area (Å²) in [5, 5.41) is 9.13. The van der Waals surface area contributed by atoms with E-state index in [2.05, 4.69) is 4.99 Å². The monoisotopic (exact) mass is 799 g/mol. The van der Waals surface area contributed by atoms with Crippen molar-refractivity contribution < 1.29 is 27.4 Å². The number of thiazole rings is 1. The van der Waals surface area contributed by atoms with Crippen LogP contribution in [0.5, 0.6) is 5.75 Å². The molecule has 0 bridgehead atoms. The molecule has 2 heterocycles. The highest BCUT2D eigenvalue weighted by Crippen LogP contribution is 2.38. The Morgan fingerprint density at radius 3 is 2.46 bits per heavy atom. The summed E-state index contributed by atoms with van der Waals surface area (Å²) in [4.78, 5) is 30.1. The van der Waals surface area contributed by atoms with E-state index >= 15 is 0 Å². The molecule has 0 spiro atoms.